The number of halogens is 2. The molecule has 0 aliphatic carbocycles. The van der Waals surface area contributed by atoms with Gasteiger partial charge in [0.1, 0.15) is 11.6 Å². The Bertz CT molecular complexity index is 420. The fourth-order valence-electron chi connectivity index (χ4n) is 1.65. The molecule has 1 aromatic rings. The van der Waals surface area contributed by atoms with Crippen LogP contribution in [0.2, 0.25) is 5.02 Å². The predicted octanol–water partition coefficient (Wildman–Crippen LogP) is 2.85. The molecule has 0 aromatic heterocycles. The number of Topliss-reactive ketones (excluding diaryl/α,β-unsaturated/α-hetero) is 1. The normalized spacial score (nSPS) is 10.9. The van der Waals surface area contributed by atoms with Gasteiger partial charge in [-0.05, 0) is 50.6 Å². The Labute approximate surface area is 106 Å². The number of benzene rings is 1. The predicted molar refractivity (Wildman–Crippen MR) is 68.0 cm³/mol. The number of nitrogens with zero attached hydrogens (tertiary/aromatic N) is 1. The molecule has 0 unspecified atom stereocenters. The molecule has 0 radical (unpaired) electrons. The summed E-state index contributed by atoms with van der Waals surface area (Å²) < 4.78 is 13.4. The van der Waals surface area contributed by atoms with E-state index in [2.05, 4.69) is 0 Å². The Balaban J connectivity index is 2.63. The summed E-state index contributed by atoms with van der Waals surface area (Å²) in [5.74, 6) is -0.118. The minimum absolute atomic E-state index is 0.119. The van der Waals surface area contributed by atoms with Crippen LogP contribution in [0, 0.1) is 12.7 Å². The van der Waals surface area contributed by atoms with Gasteiger partial charge in [0.15, 0.2) is 0 Å². The van der Waals surface area contributed by atoms with Gasteiger partial charge >= 0.3 is 0 Å². The van der Waals surface area contributed by atoms with Crippen LogP contribution in [0.15, 0.2) is 12.1 Å². The van der Waals surface area contributed by atoms with Crippen LogP contribution < -0.4 is 0 Å². The highest BCUT2D eigenvalue weighted by Crippen LogP contribution is 2.20. The van der Waals surface area contributed by atoms with Crippen molar-refractivity contribution in [3.8, 4) is 0 Å². The molecule has 0 aliphatic rings. The van der Waals surface area contributed by atoms with E-state index in [-0.39, 0.29) is 11.6 Å². The lowest BCUT2D eigenvalue weighted by Gasteiger charge is -2.15. The number of carbonyl (C=O) groups excluding carboxylic acids is 1. The average Bonchev–Trinajstić information content (AvgIpc) is 2.20. The van der Waals surface area contributed by atoms with Gasteiger partial charge in [0.25, 0.3) is 0 Å². The van der Waals surface area contributed by atoms with Crippen molar-refractivity contribution < 1.29 is 9.18 Å². The first-order chi connectivity index (χ1) is 7.90. The van der Waals surface area contributed by atoms with Crippen LogP contribution >= 0.6 is 11.6 Å². The van der Waals surface area contributed by atoms with Gasteiger partial charge in [-0.25, -0.2) is 4.39 Å². The fourth-order valence-corrected chi connectivity index (χ4v) is 1.96. The maximum absolute atomic E-state index is 13.4. The first kappa shape index (κ1) is 14.1. The lowest BCUT2D eigenvalue weighted by molar-refractivity contribution is -0.117. The fraction of sp³-hybridized carbons (Fsp3) is 0.462. The molecule has 0 saturated heterocycles. The maximum atomic E-state index is 13.4. The third-order valence-electron chi connectivity index (χ3n) is 2.58. The summed E-state index contributed by atoms with van der Waals surface area (Å²) in [6.45, 7) is 4.33. The second-order valence-corrected chi connectivity index (χ2v) is 4.79. The lowest BCUT2D eigenvalue weighted by Crippen LogP contribution is -2.26. The standard InChI is InChI=1S/C13H17ClFNO/c1-9-6-12(14)11(7-13(9)15)4-5-16(3)8-10(2)17/h6-7H,4-5,8H2,1-3H3. The minimum Gasteiger partial charge on any atom is -0.299 e. The van der Waals surface area contributed by atoms with Crippen molar-refractivity contribution in [1.29, 1.82) is 0 Å². The molecule has 0 N–H and O–H groups in total. The van der Waals surface area contributed by atoms with Crippen molar-refractivity contribution in [2.24, 2.45) is 0 Å². The summed E-state index contributed by atoms with van der Waals surface area (Å²) in [6, 6.07) is 3.11. The van der Waals surface area contributed by atoms with Crippen LogP contribution in [0.4, 0.5) is 4.39 Å². The summed E-state index contributed by atoms with van der Waals surface area (Å²) in [4.78, 5) is 12.8. The Kier molecular flexibility index (Phi) is 5.09. The van der Waals surface area contributed by atoms with Gasteiger partial charge in [-0.2, -0.15) is 0 Å². The number of rotatable bonds is 5. The molecular formula is C13H17ClFNO. The third kappa shape index (κ3) is 4.44. The Morgan fingerprint density at radius 1 is 1.47 bits per heavy atom. The largest absolute Gasteiger partial charge is 0.299 e. The number of hydrogen-bond acceptors (Lipinski definition) is 2. The van der Waals surface area contributed by atoms with Crippen LogP contribution in [0.25, 0.3) is 0 Å². The van der Waals surface area contributed by atoms with E-state index in [0.717, 1.165) is 5.56 Å². The molecule has 1 aromatic carbocycles. The number of hydrogen-bond donors (Lipinski definition) is 0. The van der Waals surface area contributed by atoms with Gasteiger partial charge in [0.2, 0.25) is 0 Å². The van der Waals surface area contributed by atoms with Gasteiger partial charge in [-0.15, -0.1) is 0 Å². The topological polar surface area (TPSA) is 20.3 Å². The zero-order valence-corrected chi connectivity index (χ0v) is 11.1. The van der Waals surface area contributed by atoms with E-state index in [1.54, 1.807) is 19.9 Å². The van der Waals surface area contributed by atoms with E-state index in [9.17, 15) is 9.18 Å². The van der Waals surface area contributed by atoms with Crippen LogP contribution in [0.3, 0.4) is 0 Å². The summed E-state index contributed by atoms with van der Waals surface area (Å²) in [5.41, 5.74) is 1.33. The number of ketones is 1. The van der Waals surface area contributed by atoms with E-state index in [0.29, 0.717) is 30.1 Å². The second-order valence-electron chi connectivity index (χ2n) is 4.38. The number of carbonyl (C=O) groups is 1. The monoisotopic (exact) mass is 257 g/mol. The maximum Gasteiger partial charge on any atom is 0.143 e. The first-order valence-corrected chi connectivity index (χ1v) is 5.90. The van der Waals surface area contributed by atoms with Crippen molar-refractivity contribution in [3.05, 3.63) is 34.1 Å². The molecule has 2 nitrogen and oxygen atoms in total. The highest BCUT2D eigenvalue weighted by Gasteiger charge is 2.08. The van der Waals surface area contributed by atoms with Crippen molar-refractivity contribution in [1.82, 2.24) is 4.90 Å². The van der Waals surface area contributed by atoms with E-state index >= 15 is 0 Å². The van der Waals surface area contributed by atoms with E-state index in [4.69, 9.17) is 11.6 Å². The Morgan fingerprint density at radius 2 is 2.12 bits per heavy atom. The molecule has 0 heterocycles. The third-order valence-corrected chi connectivity index (χ3v) is 2.93. The smallest absolute Gasteiger partial charge is 0.143 e. The molecule has 1 rings (SSSR count). The minimum atomic E-state index is -0.237. The lowest BCUT2D eigenvalue weighted by atomic mass is 10.1. The van der Waals surface area contributed by atoms with Gasteiger partial charge < -0.3 is 0 Å². The number of aryl methyl sites for hydroxylation is 1. The van der Waals surface area contributed by atoms with Gasteiger partial charge in [-0.3, -0.25) is 9.69 Å². The molecule has 0 atom stereocenters. The Morgan fingerprint density at radius 3 is 2.71 bits per heavy atom. The van der Waals surface area contributed by atoms with Crippen LogP contribution in [0.1, 0.15) is 18.1 Å². The molecule has 0 bridgehead atoms. The molecule has 0 fully saturated rings. The summed E-state index contributed by atoms with van der Waals surface area (Å²) >= 11 is 6.04. The Hall–Kier alpha value is -0.930. The molecule has 0 spiro atoms. The summed E-state index contributed by atoms with van der Waals surface area (Å²) in [7, 11) is 1.86. The van der Waals surface area contributed by atoms with Crippen molar-refractivity contribution in [2.45, 2.75) is 20.3 Å². The van der Waals surface area contributed by atoms with Crippen molar-refractivity contribution in [2.75, 3.05) is 20.1 Å². The molecule has 4 heteroatoms. The van der Waals surface area contributed by atoms with Crippen LogP contribution in [-0.2, 0) is 11.2 Å². The zero-order valence-electron chi connectivity index (χ0n) is 10.4. The second kappa shape index (κ2) is 6.12. The summed E-state index contributed by atoms with van der Waals surface area (Å²) in [6.07, 6.45) is 0.639. The quantitative estimate of drug-likeness (QED) is 0.809. The molecule has 0 saturated carbocycles. The van der Waals surface area contributed by atoms with Gasteiger partial charge in [-0.1, -0.05) is 11.6 Å². The van der Waals surface area contributed by atoms with Crippen molar-refractivity contribution >= 4 is 17.4 Å². The molecule has 17 heavy (non-hydrogen) atoms. The van der Waals surface area contributed by atoms with Crippen LogP contribution in [-0.4, -0.2) is 30.8 Å². The van der Waals surface area contributed by atoms with E-state index < -0.39 is 0 Å². The van der Waals surface area contributed by atoms with Gasteiger partial charge in [0.05, 0.1) is 6.54 Å². The molecule has 0 amide bonds. The van der Waals surface area contributed by atoms with Crippen molar-refractivity contribution in [3.63, 3.8) is 0 Å². The highest BCUT2D eigenvalue weighted by molar-refractivity contribution is 6.31. The van der Waals surface area contributed by atoms with Crippen LogP contribution in [0.5, 0.6) is 0 Å². The van der Waals surface area contributed by atoms with E-state index in [1.165, 1.54) is 6.07 Å². The highest BCUT2D eigenvalue weighted by atomic mass is 35.5. The number of likely N-dealkylation sites (N-methyl/N-ethyl adjacent to an activating group) is 1. The first-order valence-electron chi connectivity index (χ1n) is 5.52. The zero-order chi connectivity index (χ0) is 13.0. The molecule has 94 valence electrons. The van der Waals surface area contributed by atoms with E-state index in [1.807, 2.05) is 11.9 Å². The average molecular weight is 258 g/mol. The SMILES string of the molecule is CC(=O)CN(C)CCc1cc(F)c(C)cc1Cl. The molecular weight excluding hydrogens is 241 g/mol. The molecule has 0 aliphatic heterocycles. The van der Waals surface area contributed by atoms with Gasteiger partial charge in [0, 0.05) is 11.6 Å². The summed E-state index contributed by atoms with van der Waals surface area (Å²) in [5, 5.41) is 0.583.